The number of fused-ring (bicyclic) bond motifs is 1. The number of nitrogens with one attached hydrogen (secondary N) is 1. The molecule has 3 heteroatoms. The van der Waals surface area contributed by atoms with Crippen LogP contribution in [0.3, 0.4) is 0 Å². The van der Waals surface area contributed by atoms with Crippen molar-refractivity contribution in [3.8, 4) is 0 Å². The number of hydrogen-bond acceptors (Lipinski definition) is 3. The van der Waals surface area contributed by atoms with Gasteiger partial charge in [0.1, 0.15) is 11.6 Å². The van der Waals surface area contributed by atoms with Gasteiger partial charge >= 0.3 is 0 Å². The molecule has 1 aromatic rings. The van der Waals surface area contributed by atoms with Crippen molar-refractivity contribution in [3.63, 3.8) is 0 Å². The zero-order valence-corrected chi connectivity index (χ0v) is 7.52. The fraction of sp³-hybridized carbons (Fsp3) is 0.556. The van der Waals surface area contributed by atoms with Gasteiger partial charge in [0.05, 0.1) is 0 Å². The molecule has 64 valence electrons. The third-order valence-corrected chi connectivity index (χ3v) is 2.28. The van der Waals surface area contributed by atoms with Crippen LogP contribution in [0.1, 0.15) is 23.5 Å². The number of rotatable bonds is 1. The Morgan fingerprint density at radius 3 is 2.83 bits per heavy atom. The Labute approximate surface area is 72.2 Å². The first-order valence-electron chi connectivity index (χ1n) is 4.35. The molecule has 0 amide bonds. The van der Waals surface area contributed by atoms with Crippen LogP contribution < -0.4 is 5.32 Å². The Hall–Kier alpha value is -1.12. The van der Waals surface area contributed by atoms with Crippen LogP contribution in [0.25, 0.3) is 0 Å². The molecule has 0 bridgehead atoms. The van der Waals surface area contributed by atoms with E-state index in [0.717, 1.165) is 24.5 Å². The van der Waals surface area contributed by atoms with Crippen LogP contribution in [0.4, 0.5) is 5.82 Å². The van der Waals surface area contributed by atoms with Gasteiger partial charge in [-0.05, 0) is 26.2 Å². The summed E-state index contributed by atoms with van der Waals surface area (Å²) in [6.45, 7) is 1.94. The number of aryl methyl sites for hydroxylation is 2. The Kier molecular flexibility index (Phi) is 1.71. The average molecular weight is 163 g/mol. The quantitative estimate of drug-likeness (QED) is 0.678. The van der Waals surface area contributed by atoms with E-state index in [9.17, 15) is 0 Å². The number of hydrogen-bond donors (Lipinski definition) is 1. The highest BCUT2D eigenvalue weighted by Crippen LogP contribution is 2.25. The molecular formula is C9H13N3. The topological polar surface area (TPSA) is 37.8 Å². The maximum Gasteiger partial charge on any atom is 0.132 e. The van der Waals surface area contributed by atoms with Crippen LogP contribution in [0.2, 0.25) is 0 Å². The lowest BCUT2D eigenvalue weighted by Crippen LogP contribution is -2.02. The first-order chi connectivity index (χ1) is 5.81. The van der Waals surface area contributed by atoms with Gasteiger partial charge in [-0.15, -0.1) is 0 Å². The Balaban J connectivity index is 2.55. The second-order valence-electron chi connectivity index (χ2n) is 3.15. The largest absolute Gasteiger partial charge is 0.373 e. The molecule has 1 heterocycles. The summed E-state index contributed by atoms with van der Waals surface area (Å²) in [6.07, 6.45) is 3.47. The van der Waals surface area contributed by atoms with Gasteiger partial charge in [0.2, 0.25) is 0 Å². The fourth-order valence-corrected chi connectivity index (χ4v) is 1.76. The maximum absolute atomic E-state index is 4.41. The number of anilines is 1. The average Bonchev–Trinajstić information content (AvgIpc) is 2.50. The molecular weight excluding hydrogens is 150 g/mol. The van der Waals surface area contributed by atoms with Crippen molar-refractivity contribution in [1.29, 1.82) is 0 Å². The monoisotopic (exact) mass is 163 g/mol. The molecule has 1 N–H and O–H groups in total. The van der Waals surface area contributed by atoms with E-state index >= 15 is 0 Å². The lowest BCUT2D eigenvalue weighted by atomic mass is 10.2. The Morgan fingerprint density at radius 1 is 1.25 bits per heavy atom. The Bertz CT molecular complexity index is 307. The lowest BCUT2D eigenvalue weighted by molar-refractivity contribution is 0.895. The summed E-state index contributed by atoms with van der Waals surface area (Å²) in [4.78, 5) is 8.75. The zero-order valence-electron chi connectivity index (χ0n) is 7.52. The summed E-state index contributed by atoms with van der Waals surface area (Å²) in [6, 6.07) is 0. The zero-order chi connectivity index (χ0) is 8.55. The minimum Gasteiger partial charge on any atom is -0.373 e. The van der Waals surface area contributed by atoms with Gasteiger partial charge in [-0.2, -0.15) is 0 Å². The third-order valence-electron chi connectivity index (χ3n) is 2.28. The number of aromatic nitrogens is 2. The van der Waals surface area contributed by atoms with Gasteiger partial charge in [-0.3, -0.25) is 0 Å². The predicted molar refractivity (Wildman–Crippen MR) is 48.3 cm³/mol. The molecule has 12 heavy (non-hydrogen) atoms. The summed E-state index contributed by atoms with van der Waals surface area (Å²) >= 11 is 0. The summed E-state index contributed by atoms with van der Waals surface area (Å²) < 4.78 is 0. The van der Waals surface area contributed by atoms with E-state index in [0.29, 0.717) is 0 Å². The van der Waals surface area contributed by atoms with Crippen molar-refractivity contribution in [2.45, 2.75) is 26.2 Å². The van der Waals surface area contributed by atoms with Gasteiger partial charge in [-0.25, -0.2) is 9.97 Å². The molecule has 0 atom stereocenters. The van der Waals surface area contributed by atoms with Crippen molar-refractivity contribution in [3.05, 3.63) is 17.1 Å². The normalized spacial score (nSPS) is 14.5. The first-order valence-corrected chi connectivity index (χ1v) is 4.35. The molecule has 1 aliphatic carbocycles. The highest BCUT2D eigenvalue weighted by molar-refractivity contribution is 5.48. The highest BCUT2D eigenvalue weighted by atomic mass is 15.0. The summed E-state index contributed by atoms with van der Waals surface area (Å²) in [7, 11) is 1.92. The van der Waals surface area contributed by atoms with Crippen LogP contribution in [0.15, 0.2) is 0 Å². The van der Waals surface area contributed by atoms with E-state index in [4.69, 9.17) is 0 Å². The molecule has 0 spiro atoms. The van der Waals surface area contributed by atoms with Crippen LogP contribution in [-0.2, 0) is 12.8 Å². The first kappa shape index (κ1) is 7.53. The van der Waals surface area contributed by atoms with E-state index in [2.05, 4.69) is 15.3 Å². The third kappa shape index (κ3) is 1.05. The van der Waals surface area contributed by atoms with E-state index < -0.39 is 0 Å². The second kappa shape index (κ2) is 2.73. The van der Waals surface area contributed by atoms with Gasteiger partial charge in [0, 0.05) is 18.3 Å². The van der Waals surface area contributed by atoms with Crippen LogP contribution in [0, 0.1) is 6.92 Å². The van der Waals surface area contributed by atoms with Gasteiger partial charge in [-0.1, -0.05) is 0 Å². The lowest BCUT2D eigenvalue weighted by Gasteiger charge is -2.06. The van der Waals surface area contributed by atoms with Gasteiger partial charge < -0.3 is 5.32 Å². The molecule has 0 saturated heterocycles. The van der Waals surface area contributed by atoms with Gasteiger partial charge in [0.15, 0.2) is 0 Å². The standard InChI is InChI=1S/C9H13N3/c1-6-11-8-5-3-4-7(8)9(10-2)12-6/h3-5H2,1-2H3,(H,10,11,12). The van der Waals surface area contributed by atoms with E-state index in [1.807, 2.05) is 14.0 Å². The minimum atomic E-state index is 0.875. The summed E-state index contributed by atoms with van der Waals surface area (Å²) in [5, 5.41) is 3.12. The molecule has 2 rings (SSSR count). The molecule has 0 aliphatic heterocycles. The second-order valence-corrected chi connectivity index (χ2v) is 3.15. The molecule has 1 aliphatic rings. The molecule has 0 aromatic carbocycles. The van der Waals surface area contributed by atoms with Crippen LogP contribution >= 0.6 is 0 Å². The molecule has 0 radical (unpaired) electrons. The minimum absolute atomic E-state index is 0.875. The van der Waals surface area contributed by atoms with Crippen molar-refractivity contribution in [2.24, 2.45) is 0 Å². The van der Waals surface area contributed by atoms with Crippen molar-refractivity contribution < 1.29 is 0 Å². The SMILES string of the molecule is CNc1nc(C)nc2c1CCC2. The van der Waals surface area contributed by atoms with Crippen LogP contribution in [-0.4, -0.2) is 17.0 Å². The molecule has 0 unspecified atom stereocenters. The molecule has 1 aromatic heterocycles. The summed E-state index contributed by atoms with van der Waals surface area (Å²) in [5.41, 5.74) is 2.56. The Morgan fingerprint density at radius 2 is 2.08 bits per heavy atom. The molecule has 0 saturated carbocycles. The van der Waals surface area contributed by atoms with E-state index in [-0.39, 0.29) is 0 Å². The van der Waals surface area contributed by atoms with Gasteiger partial charge in [0.25, 0.3) is 0 Å². The van der Waals surface area contributed by atoms with Crippen molar-refractivity contribution >= 4 is 5.82 Å². The smallest absolute Gasteiger partial charge is 0.132 e. The predicted octanol–water partition coefficient (Wildman–Crippen LogP) is 1.32. The highest BCUT2D eigenvalue weighted by Gasteiger charge is 2.16. The van der Waals surface area contributed by atoms with E-state index in [1.165, 1.54) is 17.7 Å². The van der Waals surface area contributed by atoms with E-state index in [1.54, 1.807) is 0 Å². The molecule has 3 nitrogen and oxygen atoms in total. The van der Waals surface area contributed by atoms with Crippen LogP contribution in [0.5, 0.6) is 0 Å². The van der Waals surface area contributed by atoms with Crippen molar-refractivity contribution in [2.75, 3.05) is 12.4 Å². The number of nitrogens with zero attached hydrogens (tertiary/aromatic N) is 2. The maximum atomic E-state index is 4.41. The summed E-state index contributed by atoms with van der Waals surface area (Å²) in [5.74, 6) is 1.90. The fourth-order valence-electron chi connectivity index (χ4n) is 1.76. The molecule has 0 fully saturated rings. The van der Waals surface area contributed by atoms with Crippen molar-refractivity contribution in [1.82, 2.24) is 9.97 Å².